The Morgan fingerprint density at radius 1 is 1.09 bits per heavy atom. The van der Waals surface area contributed by atoms with Crippen LogP contribution in [0, 0.1) is 0 Å². The monoisotopic (exact) mass is 496 g/mol. The highest BCUT2D eigenvalue weighted by Crippen LogP contribution is 2.18. The van der Waals surface area contributed by atoms with Gasteiger partial charge in [0.05, 0.1) is 11.1 Å². The Labute approximate surface area is 204 Å². The van der Waals surface area contributed by atoms with Gasteiger partial charge in [-0.25, -0.2) is 0 Å². The average Bonchev–Trinajstić information content (AvgIpc) is 3.15. The fourth-order valence-corrected chi connectivity index (χ4v) is 5.21. The first-order chi connectivity index (χ1) is 15.4. The van der Waals surface area contributed by atoms with Gasteiger partial charge in [-0.2, -0.15) is 23.5 Å². The van der Waals surface area contributed by atoms with Crippen LogP contribution in [0.4, 0.5) is 0 Å². The smallest absolute Gasteiger partial charge is 0.220 e. The minimum atomic E-state index is 0.00385. The number of nitrogens with two attached hydrogens (primary N) is 1. The maximum absolute atomic E-state index is 12.0. The number of hydrogen-bond acceptors (Lipinski definition) is 8. The molecule has 0 aliphatic carbocycles. The van der Waals surface area contributed by atoms with E-state index in [4.69, 9.17) is 5.73 Å². The number of benzene rings is 1. The lowest BCUT2D eigenvalue weighted by Gasteiger charge is -2.15. The molecule has 7 nitrogen and oxygen atoms in total. The van der Waals surface area contributed by atoms with Crippen molar-refractivity contribution in [1.29, 1.82) is 0 Å². The van der Waals surface area contributed by atoms with Gasteiger partial charge in [0, 0.05) is 49.1 Å². The Bertz CT molecular complexity index is 805. The number of rotatable bonds is 15. The molecule has 0 spiro atoms. The van der Waals surface area contributed by atoms with E-state index < -0.39 is 0 Å². The second-order valence-electron chi connectivity index (χ2n) is 7.75. The van der Waals surface area contributed by atoms with Crippen molar-refractivity contribution in [2.24, 2.45) is 5.73 Å². The van der Waals surface area contributed by atoms with Crippen molar-refractivity contribution >= 4 is 41.2 Å². The molecule has 0 aliphatic heterocycles. The maximum atomic E-state index is 12.0. The summed E-state index contributed by atoms with van der Waals surface area (Å²) in [5, 5.41) is 14.9. The van der Waals surface area contributed by atoms with Crippen molar-refractivity contribution in [3.05, 3.63) is 46.8 Å². The summed E-state index contributed by atoms with van der Waals surface area (Å²) >= 11 is 5.23. The van der Waals surface area contributed by atoms with Crippen LogP contribution in [0.5, 0.6) is 0 Å². The topological polar surface area (TPSA) is 97.9 Å². The maximum Gasteiger partial charge on any atom is 0.220 e. The summed E-state index contributed by atoms with van der Waals surface area (Å²) in [5.41, 5.74) is 10.7. The molecule has 10 heteroatoms. The fourth-order valence-electron chi connectivity index (χ4n) is 3.36. The van der Waals surface area contributed by atoms with Crippen molar-refractivity contribution in [3.63, 3.8) is 0 Å². The van der Waals surface area contributed by atoms with Gasteiger partial charge >= 0.3 is 0 Å². The van der Waals surface area contributed by atoms with Crippen LogP contribution in [0.25, 0.3) is 0 Å². The SMILES string of the molecule is CSCc1cc(CNCc2cn(CCCC(=O)NC(C)SC(C)N)nn2)cc(CSC)c1. The molecule has 0 saturated heterocycles. The first kappa shape index (κ1) is 27.0. The molecule has 1 aromatic carbocycles. The lowest BCUT2D eigenvalue weighted by atomic mass is 10.1. The van der Waals surface area contributed by atoms with Crippen molar-refractivity contribution < 1.29 is 4.79 Å². The Morgan fingerprint density at radius 2 is 1.75 bits per heavy atom. The minimum Gasteiger partial charge on any atom is -0.345 e. The number of nitrogens with zero attached hydrogens (tertiary/aromatic N) is 3. The molecule has 2 unspecified atom stereocenters. The Kier molecular flexibility index (Phi) is 12.6. The van der Waals surface area contributed by atoms with E-state index in [0.717, 1.165) is 30.2 Å². The zero-order chi connectivity index (χ0) is 23.3. The summed E-state index contributed by atoms with van der Waals surface area (Å²) in [7, 11) is 0. The molecule has 0 fully saturated rings. The summed E-state index contributed by atoms with van der Waals surface area (Å²) in [4.78, 5) is 12.0. The van der Waals surface area contributed by atoms with E-state index in [-0.39, 0.29) is 16.7 Å². The summed E-state index contributed by atoms with van der Waals surface area (Å²) in [6.07, 6.45) is 7.40. The Morgan fingerprint density at radius 3 is 2.38 bits per heavy atom. The number of carbonyl (C=O) groups is 1. The molecular weight excluding hydrogens is 460 g/mol. The first-order valence-corrected chi connectivity index (χ1v) is 14.5. The van der Waals surface area contributed by atoms with E-state index in [0.29, 0.717) is 19.5 Å². The van der Waals surface area contributed by atoms with Gasteiger partial charge in [-0.3, -0.25) is 9.48 Å². The van der Waals surface area contributed by atoms with Crippen LogP contribution in [0.15, 0.2) is 24.4 Å². The highest BCUT2D eigenvalue weighted by molar-refractivity contribution is 8.00. The van der Waals surface area contributed by atoms with Crippen LogP contribution < -0.4 is 16.4 Å². The van der Waals surface area contributed by atoms with E-state index in [1.54, 1.807) is 4.68 Å². The van der Waals surface area contributed by atoms with E-state index in [1.807, 2.05) is 43.6 Å². The van der Waals surface area contributed by atoms with Gasteiger partial charge < -0.3 is 16.4 Å². The third-order valence-electron chi connectivity index (χ3n) is 4.53. The van der Waals surface area contributed by atoms with E-state index >= 15 is 0 Å². The van der Waals surface area contributed by atoms with Crippen LogP contribution in [-0.4, -0.2) is 44.2 Å². The number of aryl methyl sites for hydroxylation is 1. The standard InChI is InChI=1S/C22H36N6OS3/c1-16(23)32-17(2)25-22(29)6-5-7-28-13-21(26-27-28)12-24-11-18-8-19(14-30-3)10-20(9-18)15-31-4/h8-10,13,16-17,24H,5-7,11-12,14-15,23H2,1-4H3,(H,25,29). The van der Waals surface area contributed by atoms with Gasteiger partial charge in [0.1, 0.15) is 0 Å². The van der Waals surface area contributed by atoms with E-state index in [1.165, 1.54) is 28.5 Å². The minimum absolute atomic E-state index is 0.00385. The number of thioether (sulfide) groups is 3. The zero-order valence-electron chi connectivity index (χ0n) is 19.5. The van der Waals surface area contributed by atoms with Gasteiger partial charge in [-0.1, -0.05) is 23.4 Å². The predicted molar refractivity (Wildman–Crippen MR) is 140 cm³/mol. The average molecular weight is 497 g/mol. The van der Waals surface area contributed by atoms with E-state index in [9.17, 15) is 4.79 Å². The second kappa shape index (κ2) is 14.8. The number of aromatic nitrogens is 3. The normalized spacial score (nSPS) is 13.2. The molecule has 2 aromatic rings. The highest BCUT2D eigenvalue weighted by Gasteiger charge is 2.10. The molecule has 2 atom stereocenters. The summed E-state index contributed by atoms with van der Waals surface area (Å²) in [5.74, 6) is 2.11. The molecule has 1 heterocycles. The molecule has 178 valence electrons. The van der Waals surface area contributed by atoms with Gasteiger partial charge in [-0.05, 0) is 49.5 Å². The summed E-state index contributed by atoms with van der Waals surface area (Å²) in [6.45, 7) is 6.00. The number of amides is 1. The van der Waals surface area contributed by atoms with Crippen molar-refractivity contribution in [2.75, 3.05) is 12.5 Å². The largest absolute Gasteiger partial charge is 0.345 e. The second-order valence-corrected chi connectivity index (χ2v) is 11.2. The molecule has 0 radical (unpaired) electrons. The molecule has 4 N–H and O–H groups in total. The molecule has 2 rings (SSSR count). The summed E-state index contributed by atoms with van der Waals surface area (Å²) < 4.78 is 1.81. The van der Waals surface area contributed by atoms with Crippen LogP contribution in [0.3, 0.4) is 0 Å². The first-order valence-electron chi connectivity index (χ1n) is 10.8. The summed E-state index contributed by atoms with van der Waals surface area (Å²) in [6, 6.07) is 6.87. The Balaban J connectivity index is 1.74. The number of hydrogen-bond donors (Lipinski definition) is 3. The van der Waals surface area contributed by atoms with Crippen molar-refractivity contribution in [3.8, 4) is 0 Å². The van der Waals surface area contributed by atoms with Gasteiger partial charge in [-0.15, -0.1) is 16.9 Å². The van der Waals surface area contributed by atoms with Crippen LogP contribution in [-0.2, 0) is 35.9 Å². The Hall–Kier alpha value is -1.20. The zero-order valence-corrected chi connectivity index (χ0v) is 21.9. The number of carbonyl (C=O) groups excluding carboxylic acids is 1. The van der Waals surface area contributed by atoms with Crippen molar-refractivity contribution in [1.82, 2.24) is 25.6 Å². The lowest BCUT2D eigenvalue weighted by Crippen LogP contribution is -2.32. The molecule has 32 heavy (non-hydrogen) atoms. The molecule has 0 bridgehead atoms. The van der Waals surface area contributed by atoms with Gasteiger partial charge in [0.2, 0.25) is 5.91 Å². The highest BCUT2D eigenvalue weighted by atomic mass is 32.2. The van der Waals surface area contributed by atoms with E-state index in [2.05, 4.69) is 51.7 Å². The van der Waals surface area contributed by atoms with Crippen LogP contribution >= 0.6 is 35.3 Å². The predicted octanol–water partition coefficient (Wildman–Crippen LogP) is 3.57. The lowest BCUT2D eigenvalue weighted by molar-refractivity contribution is -0.121. The molecule has 1 amide bonds. The fraction of sp³-hybridized carbons (Fsp3) is 0.591. The quantitative estimate of drug-likeness (QED) is 0.322. The molecule has 0 aliphatic rings. The van der Waals surface area contributed by atoms with Crippen LogP contribution in [0.2, 0.25) is 0 Å². The molecule has 0 saturated carbocycles. The van der Waals surface area contributed by atoms with Gasteiger partial charge in [0.25, 0.3) is 0 Å². The molecular formula is C22H36N6OS3. The van der Waals surface area contributed by atoms with Crippen LogP contribution in [0.1, 0.15) is 49.1 Å². The third kappa shape index (κ3) is 10.6. The third-order valence-corrected chi connectivity index (χ3v) is 6.73. The molecule has 1 aromatic heterocycles. The number of nitrogens with one attached hydrogen (secondary N) is 2. The van der Waals surface area contributed by atoms with Crippen molar-refractivity contribution in [2.45, 2.75) is 68.6 Å². The van der Waals surface area contributed by atoms with Gasteiger partial charge in [0.15, 0.2) is 0 Å².